The van der Waals surface area contributed by atoms with E-state index in [-0.39, 0.29) is 5.82 Å². The quantitative estimate of drug-likeness (QED) is 0.747. The Hall–Kier alpha value is -1.00. The van der Waals surface area contributed by atoms with Crippen LogP contribution in [0.1, 0.15) is 5.69 Å². The molecule has 0 bridgehead atoms. The van der Waals surface area contributed by atoms with E-state index in [4.69, 9.17) is 4.74 Å². The Kier molecular flexibility index (Phi) is 2.52. The van der Waals surface area contributed by atoms with E-state index in [0.717, 1.165) is 18.9 Å². The second-order valence-electron chi connectivity index (χ2n) is 3.08. The van der Waals surface area contributed by atoms with E-state index in [1.807, 2.05) is 0 Å². The number of hydrogen-bond donors (Lipinski definition) is 1. The fourth-order valence-electron chi connectivity index (χ4n) is 1.11. The van der Waals surface area contributed by atoms with Crippen LogP contribution in [0.3, 0.4) is 0 Å². The third-order valence-corrected chi connectivity index (χ3v) is 2.00. The monoisotopic (exact) mass is 182 g/mol. The van der Waals surface area contributed by atoms with Crippen LogP contribution < -0.4 is 5.32 Å². The first-order chi connectivity index (χ1) is 6.34. The summed E-state index contributed by atoms with van der Waals surface area (Å²) in [5, 5.41) is 3.24. The molecule has 0 atom stereocenters. The van der Waals surface area contributed by atoms with Crippen molar-refractivity contribution >= 4 is 0 Å². The zero-order valence-corrected chi connectivity index (χ0v) is 7.16. The van der Waals surface area contributed by atoms with Gasteiger partial charge in [-0.25, -0.2) is 4.39 Å². The summed E-state index contributed by atoms with van der Waals surface area (Å²) in [4.78, 5) is 3.93. The molecule has 3 nitrogen and oxygen atoms in total. The third-order valence-electron chi connectivity index (χ3n) is 2.00. The summed E-state index contributed by atoms with van der Waals surface area (Å²) < 4.78 is 17.5. The molecule has 0 amide bonds. The van der Waals surface area contributed by atoms with Gasteiger partial charge in [0.15, 0.2) is 0 Å². The maximum atomic E-state index is 12.5. The summed E-state index contributed by atoms with van der Waals surface area (Å²) in [5.41, 5.74) is 0.855. The molecule has 0 aromatic carbocycles. The molecule has 0 aliphatic carbocycles. The van der Waals surface area contributed by atoms with E-state index in [0.29, 0.717) is 12.6 Å². The molecule has 1 N–H and O–H groups in total. The molecule has 0 spiro atoms. The Bertz CT molecular complexity index is 271. The summed E-state index contributed by atoms with van der Waals surface area (Å²) in [5.74, 6) is -0.296. The van der Waals surface area contributed by atoms with Crippen molar-refractivity contribution in [1.82, 2.24) is 10.3 Å². The third kappa shape index (κ3) is 2.23. The van der Waals surface area contributed by atoms with Gasteiger partial charge in [-0.3, -0.25) is 4.98 Å². The van der Waals surface area contributed by atoms with Crippen molar-refractivity contribution in [2.45, 2.75) is 12.6 Å². The molecule has 0 radical (unpaired) electrons. The molecule has 2 rings (SSSR count). The van der Waals surface area contributed by atoms with Gasteiger partial charge in [0.25, 0.3) is 0 Å². The number of halogens is 1. The zero-order chi connectivity index (χ0) is 9.10. The molecule has 1 fully saturated rings. The summed E-state index contributed by atoms with van der Waals surface area (Å²) in [6, 6.07) is 3.54. The molecule has 0 unspecified atom stereocenters. The largest absolute Gasteiger partial charge is 0.378 e. The van der Waals surface area contributed by atoms with Crippen molar-refractivity contribution in [3.05, 3.63) is 29.8 Å². The van der Waals surface area contributed by atoms with E-state index in [2.05, 4.69) is 10.3 Å². The van der Waals surface area contributed by atoms with E-state index in [9.17, 15) is 4.39 Å². The Balaban J connectivity index is 1.83. The second-order valence-corrected chi connectivity index (χ2v) is 3.08. The highest BCUT2D eigenvalue weighted by atomic mass is 19.1. The van der Waals surface area contributed by atoms with Crippen LogP contribution in [-0.4, -0.2) is 24.2 Å². The maximum absolute atomic E-state index is 12.5. The highest BCUT2D eigenvalue weighted by Crippen LogP contribution is 2.02. The van der Waals surface area contributed by atoms with Crippen molar-refractivity contribution in [3.63, 3.8) is 0 Å². The number of pyridine rings is 1. The maximum Gasteiger partial charge on any atom is 0.141 e. The topological polar surface area (TPSA) is 34.1 Å². The van der Waals surface area contributed by atoms with Gasteiger partial charge in [0.2, 0.25) is 0 Å². The van der Waals surface area contributed by atoms with Crippen LogP contribution in [0.25, 0.3) is 0 Å². The minimum Gasteiger partial charge on any atom is -0.378 e. The SMILES string of the molecule is Fc1ccc(CNC2COC2)nc1. The van der Waals surface area contributed by atoms with Gasteiger partial charge in [-0.15, -0.1) is 0 Å². The highest BCUT2D eigenvalue weighted by molar-refractivity contribution is 5.05. The van der Waals surface area contributed by atoms with E-state index in [1.165, 1.54) is 12.3 Å². The van der Waals surface area contributed by atoms with Gasteiger partial charge in [-0.05, 0) is 12.1 Å². The first-order valence-electron chi connectivity index (χ1n) is 4.26. The first-order valence-corrected chi connectivity index (χ1v) is 4.26. The molecule has 1 aliphatic heterocycles. The average Bonchev–Trinajstić information content (AvgIpc) is 2.05. The lowest BCUT2D eigenvalue weighted by Crippen LogP contribution is -2.45. The van der Waals surface area contributed by atoms with E-state index >= 15 is 0 Å². The van der Waals surface area contributed by atoms with Crippen LogP contribution in [0.4, 0.5) is 4.39 Å². The Morgan fingerprint density at radius 2 is 2.38 bits per heavy atom. The molecule has 70 valence electrons. The Morgan fingerprint density at radius 1 is 1.54 bits per heavy atom. The normalized spacial score (nSPS) is 17.0. The standard InChI is InChI=1S/C9H11FN2O/c10-7-1-2-8(11-3-7)4-12-9-5-13-6-9/h1-3,9,12H,4-6H2. The lowest BCUT2D eigenvalue weighted by atomic mass is 10.2. The lowest BCUT2D eigenvalue weighted by Gasteiger charge is -2.26. The van der Waals surface area contributed by atoms with Crippen LogP contribution >= 0.6 is 0 Å². The number of aromatic nitrogens is 1. The second kappa shape index (κ2) is 3.81. The Labute approximate surface area is 75.9 Å². The van der Waals surface area contributed by atoms with Crippen LogP contribution in [0.5, 0.6) is 0 Å². The fraction of sp³-hybridized carbons (Fsp3) is 0.444. The number of ether oxygens (including phenoxy) is 1. The zero-order valence-electron chi connectivity index (χ0n) is 7.16. The van der Waals surface area contributed by atoms with Crippen molar-refractivity contribution in [1.29, 1.82) is 0 Å². The molecular weight excluding hydrogens is 171 g/mol. The van der Waals surface area contributed by atoms with Gasteiger partial charge in [0, 0.05) is 6.54 Å². The molecule has 13 heavy (non-hydrogen) atoms. The fourth-order valence-corrected chi connectivity index (χ4v) is 1.11. The van der Waals surface area contributed by atoms with Gasteiger partial charge in [-0.1, -0.05) is 0 Å². The number of rotatable bonds is 3. The van der Waals surface area contributed by atoms with Gasteiger partial charge in [-0.2, -0.15) is 0 Å². The molecule has 1 aromatic heterocycles. The lowest BCUT2D eigenvalue weighted by molar-refractivity contribution is -0.00591. The molecule has 1 aliphatic rings. The van der Waals surface area contributed by atoms with Gasteiger partial charge < -0.3 is 10.1 Å². The average molecular weight is 182 g/mol. The van der Waals surface area contributed by atoms with Crippen LogP contribution in [0.15, 0.2) is 18.3 Å². The van der Waals surface area contributed by atoms with Crippen LogP contribution in [-0.2, 0) is 11.3 Å². The summed E-state index contributed by atoms with van der Waals surface area (Å²) >= 11 is 0. The van der Waals surface area contributed by atoms with E-state index in [1.54, 1.807) is 6.07 Å². The molecule has 0 saturated carbocycles. The predicted octanol–water partition coefficient (Wildman–Crippen LogP) is 0.709. The van der Waals surface area contributed by atoms with Crippen molar-refractivity contribution in [2.24, 2.45) is 0 Å². The van der Waals surface area contributed by atoms with Gasteiger partial charge >= 0.3 is 0 Å². The van der Waals surface area contributed by atoms with Crippen molar-refractivity contribution in [3.8, 4) is 0 Å². The summed E-state index contributed by atoms with van der Waals surface area (Å²) in [7, 11) is 0. The van der Waals surface area contributed by atoms with Crippen LogP contribution in [0.2, 0.25) is 0 Å². The minimum absolute atomic E-state index is 0.296. The molecule has 4 heteroatoms. The highest BCUT2D eigenvalue weighted by Gasteiger charge is 2.16. The first kappa shape index (κ1) is 8.59. The van der Waals surface area contributed by atoms with Gasteiger partial charge in [0.05, 0.1) is 31.1 Å². The number of hydrogen-bond acceptors (Lipinski definition) is 3. The smallest absolute Gasteiger partial charge is 0.141 e. The van der Waals surface area contributed by atoms with E-state index < -0.39 is 0 Å². The molecule has 1 saturated heterocycles. The predicted molar refractivity (Wildman–Crippen MR) is 45.6 cm³/mol. The molecule has 1 aromatic rings. The van der Waals surface area contributed by atoms with Crippen molar-refractivity contribution in [2.75, 3.05) is 13.2 Å². The van der Waals surface area contributed by atoms with Crippen molar-refractivity contribution < 1.29 is 9.13 Å². The number of nitrogens with zero attached hydrogens (tertiary/aromatic N) is 1. The van der Waals surface area contributed by atoms with Crippen LogP contribution in [0, 0.1) is 5.82 Å². The van der Waals surface area contributed by atoms with Gasteiger partial charge in [0.1, 0.15) is 5.82 Å². The number of nitrogens with one attached hydrogen (secondary N) is 1. The summed E-state index contributed by atoms with van der Waals surface area (Å²) in [6.07, 6.45) is 1.23. The Morgan fingerprint density at radius 3 is 2.92 bits per heavy atom. The summed E-state index contributed by atoms with van der Waals surface area (Å²) in [6.45, 7) is 2.21. The molecule has 2 heterocycles. The molecular formula is C9H11FN2O. The minimum atomic E-state index is -0.296.